The van der Waals surface area contributed by atoms with Crippen LogP contribution in [0.2, 0.25) is 0 Å². The molecule has 1 aromatic heterocycles. The SMILES string of the molecule is CC(C(=O)OCc1cccc(CO[N+](=O)[O-])n1)c1ccc(-c2ccccc2)c(F)c1.O=[N+]([O-])O. The van der Waals surface area contributed by atoms with Gasteiger partial charge in [0.25, 0.3) is 10.2 Å². The second kappa shape index (κ2) is 12.4. The van der Waals surface area contributed by atoms with E-state index in [1.807, 2.05) is 30.3 Å². The van der Waals surface area contributed by atoms with Crippen molar-refractivity contribution < 1.29 is 34.1 Å². The predicted octanol–water partition coefficient (Wildman–Crippen LogP) is 4.10. The van der Waals surface area contributed by atoms with Gasteiger partial charge in [0, 0.05) is 5.56 Å². The number of hydrogen-bond donors (Lipinski definition) is 1. The number of aromatic nitrogens is 1. The number of pyridine rings is 1. The first kappa shape index (κ1) is 25.6. The zero-order valence-corrected chi connectivity index (χ0v) is 17.9. The van der Waals surface area contributed by atoms with E-state index >= 15 is 0 Å². The Kier molecular flexibility index (Phi) is 9.38. The molecule has 0 fully saturated rings. The fraction of sp³-hybridized carbons (Fsp3) is 0.182. The van der Waals surface area contributed by atoms with Gasteiger partial charge in [0.1, 0.15) is 19.0 Å². The molecule has 0 radical (unpaired) electrons. The minimum absolute atomic E-state index is 0.111. The molecule has 0 amide bonds. The quantitative estimate of drug-likeness (QED) is 0.289. The minimum atomic E-state index is -1.50. The van der Waals surface area contributed by atoms with Crippen molar-refractivity contribution >= 4 is 5.97 Å². The van der Waals surface area contributed by atoms with Gasteiger partial charge in [-0.3, -0.25) is 9.78 Å². The Morgan fingerprint density at radius 2 is 1.65 bits per heavy atom. The third kappa shape index (κ3) is 8.15. The summed E-state index contributed by atoms with van der Waals surface area (Å²) in [5, 5.41) is 23.0. The van der Waals surface area contributed by atoms with Crippen molar-refractivity contribution in [2.45, 2.75) is 26.1 Å². The van der Waals surface area contributed by atoms with E-state index < -0.39 is 27.9 Å². The van der Waals surface area contributed by atoms with Gasteiger partial charge in [0.2, 0.25) is 0 Å². The molecule has 0 bridgehead atoms. The Hall–Kier alpha value is -4.61. The van der Waals surface area contributed by atoms with Gasteiger partial charge >= 0.3 is 5.97 Å². The Morgan fingerprint density at radius 3 is 2.24 bits per heavy atom. The summed E-state index contributed by atoms with van der Waals surface area (Å²) in [5.74, 6) is -1.63. The summed E-state index contributed by atoms with van der Waals surface area (Å²) < 4.78 is 19.8. The average Bonchev–Trinajstić information content (AvgIpc) is 2.81. The third-order valence-corrected chi connectivity index (χ3v) is 4.48. The van der Waals surface area contributed by atoms with Crippen molar-refractivity contribution in [3.8, 4) is 11.1 Å². The zero-order valence-electron chi connectivity index (χ0n) is 17.9. The van der Waals surface area contributed by atoms with E-state index in [2.05, 4.69) is 9.82 Å². The van der Waals surface area contributed by atoms with Gasteiger partial charge in [0.05, 0.1) is 17.3 Å². The van der Waals surface area contributed by atoms with Crippen LogP contribution in [0.1, 0.15) is 29.8 Å². The second-order valence-corrected chi connectivity index (χ2v) is 6.79. The van der Waals surface area contributed by atoms with E-state index in [9.17, 15) is 19.3 Å². The summed E-state index contributed by atoms with van der Waals surface area (Å²) >= 11 is 0. The highest BCUT2D eigenvalue weighted by Crippen LogP contribution is 2.26. The molecule has 34 heavy (non-hydrogen) atoms. The van der Waals surface area contributed by atoms with Gasteiger partial charge in [-0.2, -0.15) is 0 Å². The summed E-state index contributed by atoms with van der Waals surface area (Å²) in [6, 6.07) is 18.6. The highest BCUT2D eigenvalue weighted by atomic mass is 19.1. The number of carbonyl (C=O) groups excluding carboxylic acids is 1. The number of hydrogen-bond acceptors (Lipinski definition) is 8. The molecule has 2 aromatic carbocycles. The van der Waals surface area contributed by atoms with Crippen molar-refractivity contribution in [2.75, 3.05) is 0 Å². The molecule has 3 rings (SSSR count). The first-order valence-corrected chi connectivity index (χ1v) is 9.74. The fourth-order valence-electron chi connectivity index (χ4n) is 2.87. The summed E-state index contributed by atoms with van der Waals surface area (Å²) in [6.07, 6.45) is 0. The monoisotopic (exact) mass is 473 g/mol. The van der Waals surface area contributed by atoms with Gasteiger partial charge < -0.3 is 14.8 Å². The minimum Gasteiger partial charge on any atom is -0.459 e. The van der Waals surface area contributed by atoms with Crippen molar-refractivity contribution in [2.24, 2.45) is 0 Å². The molecule has 3 aromatic rings. The number of benzene rings is 2. The molecule has 11 nitrogen and oxygen atoms in total. The lowest BCUT2D eigenvalue weighted by Gasteiger charge is -2.13. The maximum absolute atomic E-state index is 14.6. The summed E-state index contributed by atoms with van der Waals surface area (Å²) in [6.45, 7) is 1.23. The van der Waals surface area contributed by atoms with E-state index in [1.165, 1.54) is 6.07 Å². The largest absolute Gasteiger partial charge is 0.459 e. The van der Waals surface area contributed by atoms with Crippen molar-refractivity contribution in [3.63, 3.8) is 0 Å². The second-order valence-electron chi connectivity index (χ2n) is 6.79. The van der Waals surface area contributed by atoms with Crippen LogP contribution in [0.25, 0.3) is 11.1 Å². The molecule has 0 aliphatic heterocycles. The molecule has 1 unspecified atom stereocenters. The van der Waals surface area contributed by atoms with Gasteiger partial charge in [0.15, 0.2) is 0 Å². The third-order valence-electron chi connectivity index (χ3n) is 4.48. The number of nitrogens with zero attached hydrogens (tertiary/aromatic N) is 3. The maximum atomic E-state index is 14.6. The smallest absolute Gasteiger partial charge is 0.313 e. The van der Waals surface area contributed by atoms with Crippen LogP contribution in [0.15, 0.2) is 66.7 Å². The molecule has 1 atom stereocenters. The maximum Gasteiger partial charge on any atom is 0.313 e. The summed E-state index contributed by atoms with van der Waals surface area (Å²) in [7, 11) is 0. The molecule has 0 saturated heterocycles. The van der Waals surface area contributed by atoms with Crippen LogP contribution in [0.3, 0.4) is 0 Å². The molecule has 178 valence electrons. The normalized spacial score (nSPS) is 10.9. The number of carbonyl (C=O) groups is 1. The van der Waals surface area contributed by atoms with Crippen molar-refractivity contribution in [3.05, 3.63) is 110 Å². The lowest BCUT2D eigenvalue weighted by Crippen LogP contribution is -2.14. The Morgan fingerprint density at radius 1 is 1.03 bits per heavy atom. The zero-order chi connectivity index (χ0) is 25.1. The molecule has 0 spiro atoms. The van der Waals surface area contributed by atoms with Crippen LogP contribution in [-0.2, 0) is 27.6 Å². The van der Waals surface area contributed by atoms with Gasteiger partial charge in [-0.1, -0.05) is 48.5 Å². The van der Waals surface area contributed by atoms with E-state index in [1.54, 1.807) is 37.3 Å². The Balaban J connectivity index is 0.000000945. The molecule has 0 aliphatic rings. The molecule has 0 saturated carbocycles. The number of halogens is 1. The molecular formula is C22H20FN3O8. The van der Waals surface area contributed by atoms with Gasteiger partial charge in [-0.05, 0) is 36.2 Å². The molecule has 12 heteroatoms. The topological polar surface area (TPSA) is 155 Å². The number of rotatable bonds is 8. The van der Waals surface area contributed by atoms with Crippen LogP contribution in [-0.4, -0.2) is 26.3 Å². The van der Waals surface area contributed by atoms with Crippen molar-refractivity contribution in [1.29, 1.82) is 0 Å². The molecule has 1 N–H and O–H groups in total. The van der Waals surface area contributed by atoms with E-state index in [0.717, 1.165) is 5.56 Å². The van der Waals surface area contributed by atoms with E-state index in [0.29, 0.717) is 22.5 Å². The van der Waals surface area contributed by atoms with Gasteiger partial charge in [-0.15, -0.1) is 20.2 Å². The average molecular weight is 473 g/mol. The highest BCUT2D eigenvalue weighted by molar-refractivity contribution is 5.78. The van der Waals surface area contributed by atoms with E-state index in [-0.39, 0.29) is 13.2 Å². The van der Waals surface area contributed by atoms with Crippen LogP contribution >= 0.6 is 0 Å². The lowest BCUT2D eigenvalue weighted by atomic mass is 9.97. The molecule has 0 aliphatic carbocycles. The number of ether oxygens (including phenoxy) is 1. The summed E-state index contributed by atoms with van der Waals surface area (Å²) in [5.41, 5.74) is 2.47. The molecule has 1 heterocycles. The standard InChI is InChI=1S/C22H19FN2O5.HNO3/c1-15(17-10-11-20(21(23)12-17)16-6-3-2-4-7-16)22(26)29-13-18-8-5-9-19(24-18)14-30-25(27)28;2-1(3)4/h2-12,15H,13-14H2,1H3;(H,2,3,4). The van der Waals surface area contributed by atoms with Crippen LogP contribution in [0, 0.1) is 26.0 Å². The van der Waals surface area contributed by atoms with E-state index in [4.69, 9.17) is 20.1 Å². The Bertz CT molecular complexity index is 1140. The van der Waals surface area contributed by atoms with Crippen molar-refractivity contribution in [1.82, 2.24) is 4.98 Å². The highest BCUT2D eigenvalue weighted by Gasteiger charge is 2.19. The lowest BCUT2D eigenvalue weighted by molar-refractivity contribution is -0.763. The first-order valence-electron chi connectivity index (χ1n) is 9.74. The number of esters is 1. The predicted molar refractivity (Wildman–Crippen MR) is 115 cm³/mol. The van der Waals surface area contributed by atoms with Crippen LogP contribution < -0.4 is 0 Å². The first-order chi connectivity index (χ1) is 16.2. The van der Waals surface area contributed by atoms with Crippen LogP contribution in [0.4, 0.5) is 4.39 Å². The molecular weight excluding hydrogens is 453 g/mol. The fourth-order valence-corrected chi connectivity index (χ4v) is 2.87. The Labute approximate surface area is 192 Å². The van der Waals surface area contributed by atoms with Gasteiger partial charge in [-0.25, -0.2) is 4.39 Å². The summed E-state index contributed by atoms with van der Waals surface area (Å²) in [4.78, 5) is 39.4. The van der Waals surface area contributed by atoms with Crippen LogP contribution in [0.5, 0.6) is 0 Å².